The van der Waals surface area contributed by atoms with E-state index in [9.17, 15) is 8.42 Å². The van der Waals surface area contributed by atoms with Crippen LogP contribution in [-0.4, -0.2) is 8.42 Å². The first-order valence-corrected chi connectivity index (χ1v) is 9.95. The SMILES string of the molecule is CCc1ccc(CC)c(CNS(=O)(=O)c2c(C)cc(C)cc2C)c1. The molecular formula is C20H27NO2S. The zero-order valence-electron chi connectivity index (χ0n) is 15.2. The van der Waals surface area contributed by atoms with Crippen LogP contribution in [0.3, 0.4) is 0 Å². The fraction of sp³-hybridized carbons (Fsp3) is 0.400. The maximum absolute atomic E-state index is 12.8. The summed E-state index contributed by atoms with van der Waals surface area (Å²) in [5.41, 5.74) is 6.13. The fourth-order valence-corrected chi connectivity index (χ4v) is 4.70. The molecule has 3 nitrogen and oxygen atoms in total. The summed E-state index contributed by atoms with van der Waals surface area (Å²) < 4.78 is 28.4. The maximum atomic E-state index is 12.8. The van der Waals surface area contributed by atoms with Crippen LogP contribution in [0.2, 0.25) is 0 Å². The van der Waals surface area contributed by atoms with Gasteiger partial charge in [-0.2, -0.15) is 0 Å². The van der Waals surface area contributed by atoms with Crippen LogP contribution < -0.4 is 4.72 Å². The lowest BCUT2D eigenvalue weighted by molar-refractivity contribution is 0.579. The molecule has 2 aromatic carbocycles. The van der Waals surface area contributed by atoms with Crippen LogP contribution in [0.5, 0.6) is 0 Å². The Kier molecular flexibility index (Phi) is 5.83. The van der Waals surface area contributed by atoms with E-state index in [4.69, 9.17) is 0 Å². The highest BCUT2D eigenvalue weighted by Crippen LogP contribution is 2.22. The van der Waals surface area contributed by atoms with Crippen molar-refractivity contribution in [2.45, 2.75) is 58.9 Å². The molecule has 4 heteroatoms. The van der Waals surface area contributed by atoms with E-state index in [1.807, 2.05) is 32.9 Å². The predicted octanol–water partition coefficient (Wildman–Crippen LogP) is 4.22. The van der Waals surface area contributed by atoms with Gasteiger partial charge in [-0.1, -0.05) is 49.7 Å². The third kappa shape index (κ3) is 4.05. The van der Waals surface area contributed by atoms with E-state index in [-0.39, 0.29) is 0 Å². The standard InChI is InChI=1S/C20H27NO2S/c1-6-17-8-9-18(7-2)19(12-17)13-21-24(22,23)20-15(4)10-14(3)11-16(20)5/h8-12,21H,6-7,13H2,1-5H3. The summed E-state index contributed by atoms with van der Waals surface area (Å²) in [5.74, 6) is 0. The van der Waals surface area contributed by atoms with Crippen molar-refractivity contribution in [1.29, 1.82) is 0 Å². The number of rotatable bonds is 6. The van der Waals surface area contributed by atoms with Crippen molar-refractivity contribution in [2.24, 2.45) is 0 Å². The van der Waals surface area contributed by atoms with Crippen LogP contribution in [0.4, 0.5) is 0 Å². The molecule has 130 valence electrons. The highest BCUT2D eigenvalue weighted by molar-refractivity contribution is 7.89. The monoisotopic (exact) mass is 345 g/mol. The Morgan fingerprint density at radius 3 is 2.04 bits per heavy atom. The number of sulfonamides is 1. The topological polar surface area (TPSA) is 46.2 Å². The molecule has 0 atom stereocenters. The summed E-state index contributed by atoms with van der Waals surface area (Å²) in [4.78, 5) is 0.401. The quantitative estimate of drug-likeness (QED) is 0.852. The van der Waals surface area contributed by atoms with Crippen LogP contribution >= 0.6 is 0 Å². The molecule has 0 saturated carbocycles. The van der Waals surface area contributed by atoms with Gasteiger partial charge in [-0.05, 0) is 61.4 Å². The van der Waals surface area contributed by atoms with Gasteiger partial charge in [0.2, 0.25) is 10.0 Å². The minimum atomic E-state index is -3.53. The lowest BCUT2D eigenvalue weighted by Crippen LogP contribution is -2.25. The molecule has 0 amide bonds. The second kappa shape index (κ2) is 7.49. The Morgan fingerprint density at radius 1 is 0.875 bits per heavy atom. The van der Waals surface area contributed by atoms with Crippen molar-refractivity contribution in [1.82, 2.24) is 4.72 Å². The predicted molar refractivity (Wildman–Crippen MR) is 99.9 cm³/mol. The molecule has 0 bridgehead atoms. The van der Waals surface area contributed by atoms with E-state index in [0.29, 0.717) is 11.4 Å². The van der Waals surface area contributed by atoms with E-state index in [2.05, 4.69) is 36.8 Å². The molecule has 0 saturated heterocycles. The van der Waals surface area contributed by atoms with Crippen molar-refractivity contribution < 1.29 is 8.42 Å². The van der Waals surface area contributed by atoms with Gasteiger partial charge < -0.3 is 0 Å². The number of hydrogen-bond donors (Lipinski definition) is 1. The molecule has 0 heterocycles. The van der Waals surface area contributed by atoms with Crippen LogP contribution in [0.1, 0.15) is 47.2 Å². The average molecular weight is 346 g/mol. The van der Waals surface area contributed by atoms with Crippen molar-refractivity contribution in [3.63, 3.8) is 0 Å². The van der Waals surface area contributed by atoms with Crippen molar-refractivity contribution in [3.8, 4) is 0 Å². The molecule has 0 aliphatic rings. The van der Waals surface area contributed by atoms with E-state index < -0.39 is 10.0 Å². The first-order chi connectivity index (χ1) is 11.3. The minimum Gasteiger partial charge on any atom is -0.207 e. The highest BCUT2D eigenvalue weighted by Gasteiger charge is 2.20. The number of nitrogens with one attached hydrogen (secondary N) is 1. The third-order valence-corrected chi connectivity index (χ3v) is 6.09. The third-order valence-electron chi connectivity index (χ3n) is 4.39. The molecule has 24 heavy (non-hydrogen) atoms. The lowest BCUT2D eigenvalue weighted by atomic mass is 10.0. The number of aryl methyl sites for hydroxylation is 5. The summed E-state index contributed by atoms with van der Waals surface area (Å²) in [6.45, 7) is 10.2. The Hall–Kier alpha value is -1.65. The molecule has 0 aliphatic carbocycles. The fourth-order valence-electron chi connectivity index (χ4n) is 3.24. The van der Waals surface area contributed by atoms with Crippen molar-refractivity contribution >= 4 is 10.0 Å². The summed E-state index contributed by atoms with van der Waals surface area (Å²) in [5, 5.41) is 0. The smallest absolute Gasteiger partial charge is 0.207 e. The Morgan fingerprint density at radius 2 is 1.50 bits per heavy atom. The first kappa shape index (κ1) is 18.7. The molecule has 0 spiro atoms. The molecule has 2 rings (SSSR count). The van der Waals surface area contributed by atoms with Gasteiger partial charge in [-0.15, -0.1) is 0 Å². The van der Waals surface area contributed by atoms with Gasteiger partial charge in [0.15, 0.2) is 0 Å². The van der Waals surface area contributed by atoms with Gasteiger partial charge in [-0.25, -0.2) is 13.1 Å². The van der Waals surface area contributed by atoms with Crippen LogP contribution in [0, 0.1) is 20.8 Å². The molecule has 2 aromatic rings. The van der Waals surface area contributed by atoms with Gasteiger partial charge in [0, 0.05) is 6.54 Å². The second-order valence-electron chi connectivity index (χ2n) is 6.36. The lowest BCUT2D eigenvalue weighted by Gasteiger charge is -2.15. The largest absolute Gasteiger partial charge is 0.241 e. The van der Waals surface area contributed by atoms with Crippen molar-refractivity contribution in [3.05, 3.63) is 63.7 Å². The Bertz CT molecular complexity index is 816. The Balaban J connectivity index is 2.32. The molecule has 0 unspecified atom stereocenters. The zero-order chi connectivity index (χ0) is 17.9. The van der Waals surface area contributed by atoms with E-state index in [1.165, 1.54) is 11.1 Å². The van der Waals surface area contributed by atoms with Crippen LogP contribution in [-0.2, 0) is 29.4 Å². The number of hydrogen-bond acceptors (Lipinski definition) is 2. The molecule has 1 N–H and O–H groups in total. The summed E-state index contributed by atoms with van der Waals surface area (Å²) >= 11 is 0. The normalized spacial score (nSPS) is 11.7. The minimum absolute atomic E-state index is 0.325. The van der Waals surface area contributed by atoms with E-state index in [1.54, 1.807) is 0 Å². The van der Waals surface area contributed by atoms with E-state index in [0.717, 1.165) is 35.1 Å². The zero-order valence-corrected chi connectivity index (χ0v) is 16.0. The van der Waals surface area contributed by atoms with Gasteiger partial charge in [0.1, 0.15) is 0 Å². The summed E-state index contributed by atoms with van der Waals surface area (Å²) in [7, 11) is -3.53. The highest BCUT2D eigenvalue weighted by atomic mass is 32.2. The molecule has 0 fully saturated rings. The van der Waals surface area contributed by atoms with Gasteiger partial charge in [-0.3, -0.25) is 0 Å². The molecule has 0 aliphatic heterocycles. The average Bonchev–Trinajstić information content (AvgIpc) is 2.51. The van der Waals surface area contributed by atoms with Crippen LogP contribution in [0.15, 0.2) is 35.2 Å². The van der Waals surface area contributed by atoms with E-state index >= 15 is 0 Å². The maximum Gasteiger partial charge on any atom is 0.241 e. The summed E-state index contributed by atoms with van der Waals surface area (Å²) in [6, 6.07) is 10.2. The summed E-state index contributed by atoms with van der Waals surface area (Å²) in [6.07, 6.45) is 1.84. The van der Waals surface area contributed by atoms with Crippen LogP contribution in [0.25, 0.3) is 0 Å². The first-order valence-electron chi connectivity index (χ1n) is 8.46. The van der Waals surface area contributed by atoms with Gasteiger partial charge in [0.25, 0.3) is 0 Å². The molecule has 0 radical (unpaired) electrons. The molecule has 0 aromatic heterocycles. The second-order valence-corrected chi connectivity index (χ2v) is 8.07. The van der Waals surface area contributed by atoms with Gasteiger partial charge >= 0.3 is 0 Å². The molecular weight excluding hydrogens is 318 g/mol. The van der Waals surface area contributed by atoms with Crippen molar-refractivity contribution in [2.75, 3.05) is 0 Å². The number of benzene rings is 2. The van der Waals surface area contributed by atoms with Gasteiger partial charge in [0.05, 0.1) is 4.90 Å². The Labute approximate surface area is 146 Å².